The van der Waals surface area contributed by atoms with E-state index in [4.69, 9.17) is 0 Å². The molecule has 0 aromatic heterocycles. The highest BCUT2D eigenvalue weighted by atomic mass is 32.2. The van der Waals surface area contributed by atoms with Crippen LogP contribution in [-0.2, 0) is 21.3 Å². The molecule has 0 aliphatic heterocycles. The van der Waals surface area contributed by atoms with Crippen LogP contribution in [0.3, 0.4) is 0 Å². The Morgan fingerprint density at radius 3 is 2.40 bits per heavy atom. The van der Waals surface area contributed by atoms with E-state index < -0.39 is 32.5 Å². The normalized spacial score (nSPS) is 11.2. The van der Waals surface area contributed by atoms with Crippen molar-refractivity contribution in [3.05, 3.63) is 69.3 Å². The summed E-state index contributed by atoms with van der Waals surface area (Å²) in [5.74, 6) is -1.49. The number of rotatable bonds is 8. The molecule has 160 valence electrons. The van der Waals surface area contributed by atoms with E-state index in [1.54, 1.807) is 26.0 Å². The zero-order valence-corrected chi connectivity index (χ0v) is 17.4. The Morgan fingerprint density at radius 1 is 1.13 bits per heavy atom. The smallest absolute Gasteiger partial charge is 0.338 e. The summed E-state index contributed by atoms with van der Waals surface area (Å²) < 4.78 is 31.6. The Morgan fingerprint density at radius 2 is 1.80 bits per heavy atom. The van der Waals surface area contributed by atoms with Crippen molar-refractivity contribution in [3.8, 4) is 0 Å². The topological polar surface area (TPSA) is 145 Å². The van der Waals surface area contributed by atoms with E-state index >= 15 is 0 Å². The Kier molecular flexibility index (Phi) is 7.24. The molecule has 0 heterocycles. The number of hydrogen-bond donors (Lipinski definition) is 2. The van der Waals surface area contributed by atoms with Gasteiger partial charge in [-0.2, -0.15) is 0 Å². The van der Waals surface area contributed by atoms with Crippen LogP contribution in [0.2, 0.25) is 0 Å². The first-order valence-corrected chi connectivity index (χ1v) is 10.3. The fraction of sp³-hybridized carbons (Fsp3) is 0.263. The van der Waals surface area contributed by atoms with Crippen LogP contribution in [0, 0.1) is 10.1 Å². The van der Waals surface area contributed by atoms with E-state index in [0.717, 1.165) is 19.2 Å². The minimum atomic E-state index is -3.70. The fourth-order valence-electron chi connectivity index (χ4n) is 2.57. The lowest BCUT2D eigenvalue weighted by Crippen LogP contribution is -2.30. The van der Waals surface area contributed by atoms with E-state index in [1.165, 1.54) is 18.2 Å². The lowest BCUT2D eigenvalue weighted by Gasteiger charge is -2.11. The summed E-state index contributed by atoms with van der Waals surface area (Å²) in [6.45, 7) is 3.37. The average molecular weight is 435 g/mol. The minimum absolute atomic E-state index is 0.0277. The van der Waals surface area contributed by atoms with Gasteiger partial charge in [-0.25, -0.2) is 17.9 Å². The van der Waals surface area contributed by atoms with Gasteiger partial charge in [-0.3, -0.25) is 14.9 Å². The van der Waals surface area contributed by atoms with Gasteiger partial charge in [0.05, 0.1) is 22.5 Å². The first-order chi connectivity index (χ1) is 14.0. The molecule has 2 aromatic carbocycles. The number of nitrogens with one attached hydrogen (secondary N) is 2. The summed E-state index contributed by atoms with van der Waals surface area (Å²) in [5.41, 5.74) is -0.163. The molecular weight excluding hydrogens is 414 g/mol. The highest BCUT2D eigenvalue weighted by Crippen LogP contribution is 2.18. The number of carbonyl (C=O) groups is 2. The molecule has 0 bridgehead atoms. The molecule has 0 radical (unpaired) electrons. The summed E-state index contributed by atoms with van der Waals surface area (Å²) in [4.78, 5) is 34.6. The molecule has 11 heteroatoms. The number of non-ortho nitro benzene ring substituents is 1. The quantitative estimate of drug-likeness (QED) is 0.366. The van der Waals surface area contributed by atoms with Crippen molar-refractivity contribution in [3.63, 3.8) is 0 Å². The highest BCUT2D eigenvalue weighted by Gasteiger charge is 2.19. The average Bonchev–Trinajstić information content (AvgIpc) is 2.70. The lowest BCUT2D eigenvalue weighted by molar-refractivity contribution is -0.384. The maximum absolute atomic E-state index is 12.5. The van der Waals surface area contributed by atoms with Crippen LogP contribution >= 0.6 is 0 Å². The predicted octanol–water partition coefficient (Wildman–Crippen LogP) is 2.00. The van der Waals surface area contributed by atoms with Crippen LogP contribution in [0.15, 0.2) is 47.4 Å². The van der Waals surface area contributed by atoms with Crippen molar-refractivity contribution in [1.29, 1.82) is 0 Å². The van der Waals surface area contributed by atoms with Gasteiger partial charge in [0.1, 0.15) is 0 Å². The van der Waals surface area contributed by atoms with E-state index in [9.17, 15) is 28.1 Å². The number of amides is 1. The van der Waals surface area contributed by atoms with Gasteiger partial charge >= 0.3 is 5.97 Å². The summed E-state index contributed by atoms with van der Waals surface area (Å²) in [7, 11) is -2.57. The third-order valence-electron chi connectivity index (χ3n) is 3.86. The number of hydrogen-bond acceptors (Lipinski definition) is 7. The molecule has 2 N–H and O–H groups in total. The molecule has 2 rings (SSSR count). The van der Waals surface area contributed by atoms with Gasteiger partial charge in [0, 0.05) is 30.3 Å². The second kappa shape index (κ2) is 9.46. The van der Waals surface area contributed by atoms with Crippen molar-refractivity contribution in [2.45, 2.75) is 31.3 Å². The molecule has 2 aromatic rings. The largest absolute Gasteiger partial charge is 0.465 e. The van der Waals surface area contributed by atoms with Gasteiger partial charge in [-0.15, -0.1) is 0 Å². The molecule has 0 saturated heterocycles. The van der Waals surface area contributed by atoms with Crippen molar-refractivity contribution in [2.75, 3.05) is 7.11 Å². The van der Waals surface area contributed by atoms with Crippen molar-refractivity contribution < 1.29 is 27.7 Å². The number of nitrogens with zero attached hydrogens (tertiary/aromatic N) is 1. The molecular formula is C19H21N3O7S. The Balaban J connectivity index is 2.22. The number of carbonyl (C=O) groups excluding carboxylic acids is 2. The number of esters is 1. The van der Waals surface area contributed by atoms with Gasteiger partial charge < -0.3 is 10.1 Å². The SMILES string of the molecule is COC(=O)c1cc(C(=O)NCc2cccc(S(=O)(=O)NC(C)C)c2)cc([N+](=O)[O-])c1. The lowest BCUT2D eigenvalue weighted by atomic mass is 10.1. The van der Waals surface area contributed by atoms with Crippen LogP contribution in [0.5, 0.6) is 0 Å². The monoisotopic (exact) mass is 435 g/mol. The van der Waals surface area contributed by atoms with Crippen LogP contribution in [0.4, 0.5) is 5.69 Å². The van der Waals surface area contributed by atoms with Gasteiger partial charge in [0.25, 0.3) is 11.6 Å². The van der Waals surface area contributed by atoms with Crippen LogP contribution in [0.25, 0.3) is 0 Å². The van der Waals surface area contributed by atoms with Crippen LogP contribution in [0.1, 0.15) is 40.1 Å². The third kappa shape index (κ3) is 5.84. The highest BCUT2D eigenvalue weighted by molar-refractivity contribution is 7.89. The number of benzene rings is 2. The van der Waals surface area contributed by atoms with Gasteiger partial charge in [0.2, 0.25) is 10.0 Å². The molecule has 0 aliphatic rings. The minimum Gasteiger partial charge on any atom is -0.465 e. The van der Waals surface area contributed by atoms with Crippen LogP contribution in [-0.4, -0.2) is 38.4 Å². The molecule has 0 aliphatic carbocycles. The number of ether oxygens (including phenoxy) is 1. The number of sulfonamides is 1. The van der Waals surface area contributed by atoms with E-state index in [1.807, 2.05) is 0 Å². The van der Waals surface area contributed by atoms with E-state index in [2.05, 4.69) is 14.8 Å². The van der Waals surface area contributed by atoms with E-state index in [-0.39, 0.29) is 28.6 Å². The Labute approximate surface area is 173 Å². The van der Waals surface area contributed by atoms with E-state index in [0.29, 0.717) is 5.56 Å². The van der Waals surface area contributed by atoms with Crippen LogP contribution < -0.4 is 10.0 Å². The first kappa shape index (κ1) is 23.0. The molecule has 0 saturated carbocycles. The van der Waals surface area contributed by atoms with Crippen molar-refractivity contribution in [1.82, 2.24) is 10.0 Å². The van der Waals surface area contributed by atoms with Gasteiger partial charge in [-0.1, -0.05) is 12.1 Å². The molecule has 1 amide bonds. The number of methoxy groups -OCH3 is 1. The Bertz CT molecular complexity index is 1080. The zero-order valence-electron chi connectivity index (χ0n) is 16.5. The molecule has 10 nitrogen and oxygen atoms in total. The maximum Gasteiger partial charge on any atom is 0.338 e. The van der Waals surface area contributed by atoms with Crippen molar-refractivity contribution >= 4 is 27.6 Å². The predicted molar refractivity (Wildman–Crippen MR) is 108 cm³/mol. The molecule has 30 heavy (non-hydrogen) atoms. The molecule has 0 atom stereocenters. The number of nitro benzene ring substituents is 1. The molecule has 0 spiro atoms. The molecule has 0 fully saturated rings. The summed E-state index contributed by atoms with van der Waals surface area (Å²) >= 11 is 0. The second-order valence-corrected chi connectivity index (χ2v) is 8.34. The standard InChI is InChI=1S/C19H21N3O7S/c1-12(2)21-30(27,28)17-6-4-5-13(7-17)11-20-18(23)14-8-15(19(24)29-3)10-16(9-14)22(25)26/h4-10,12,21H,11H2,1-3H3,(H,20,23). The fourth-order valence-corrected chi connectivity index (χ4v) is 3.89. The van der Waals surface area contributed by atoms with Gasteiger partial charge in [-0.05, 0) is 37.6 Å². The Hall–Kier alpha value is -3.31. The summed E-state index contributed by atoms with van der Waals surface area (Å²) in [6, 6.07) is 8.96. The molecule has 0 unspecified atom stereocenters. The maximum atomic E-state index is 12.5. The zero-order chi connectivity index (χ0) is 22.5. The summed E-state index contributed by atoms with van der Waals surface area (Å²) in [6.07, 6.45) is 0. The van der Waals surface area contributed by atoms with Gasteiger partial charge in [0.15, 0.2) is 0 Å². The third-order valence-corrected chi connectivity index (χ3v) is 5.52. The van der Waals surface area contributed by atoms with Crippen molar-refractivity contribution in [2.24, 2.45) is 0 Å². The number of nitro groups is 1. The second-order valence-electron chi connectivity index (χ2n) is 6.62. The first-order valence-electron chi connectivity index (χ1n) is 8.80. The summed E-state index contributed by atoms with van der Waals surface area (Å²) in [5, 5.41) is 13.6.